The molecule has 2 N–H and O–H groups in total. The molecule has 29 heavy (non-hydrogen) atoms. The monoisotopic (exact) mass is 516 g/mol. The van der Waals surface area contributed by atoms with E-state index in [0.29, 0.717) is 18.1 Å². The number of hydrogen-bond donors (Lipinski definition) is 2. The highest BCUT2D eigenvalue weighted by Crippen LogP contribution is 2.27. The van der Waals surface area contributed by atoms with Gasteiger partial charge >= 0.3 is 0 Å². The van der Waals surface area contributed by atoms with Crippen LogP contribution >= 0.6 is 24.0 Å². The van der Waals surface area contributed by atoms with Crippen molar-refractivity contribution in [2.45, 2.75) is 45.2 Å². The highest BCUT2D eigenvalue weighted by molar-refractivity contribution is 14.0. The van der Waals surface area contributed by atoms with Gasteiger partial charge in [-0.25, -0.2) is 4.39 Å². The van der Waals surface area contributed by atoms with Gasteiger partial charge in [-0.3, -0.25) is 9.79 Å². The number of rotatable bonds is 4. The highest BCUT2D eigenvalue weighted by atomic mass is 127. The number of amides is 1. The van der Waals surface area contributed by atoms with Crippen molar-refractivity contribution in [3.05, 3.63) is 35.3 Å². The van der Waals surface area contributed by atoms with E-state index in [1.165, 1.54) is 12.1 Å². The summed E-state index contributed by atoms with van der Waals surface area (Å²) in [6.45, 7) is 2.38. The van der Waals surface area contributed by atoms with Crippen LogP contribution < -0.4 is 10.6 Å². The number of carbonyl (C=O) groups is 1. The van der Waals surface area contributed by atoms with Crippen molar-refractivity contribution in [2.75, 3.05) is 21.1 Å². The Balaban J connectivity index is 0.00000300. The van der Waals surface area contributed by atoms with Crippen molar-refractivity contribution >= 4 is 46.8 Å². The number of nitrogens with zero attached hydrogens (tertiary/aromatic N) is 2. The minimum absolute atomic E-state index is 0. The van der Waals surface area contributed by atoms with E-state index in [0.717, 1.165) is 42.4 Å². The predicted molar refractivity (Wildman–Crippen MR) is 124 cm³/mol. The fourth-order valence-electron chi connectivity index (χ4n) is 3.87. The Bertz CT molecular complexity index is 881. The molecule has 1 aliphatic rings. The third-order valence-electron chi connectivity index (χ3n) is 5.44. The lowest BCUT2D eigenvalue weighted by Gasteiger charge is -2.31. The molecule has 2 unspecified atom stereocenters. The van der Waals surface area contributed by atoms with Crippen molar-refractivity contribution in [1.29, 1.82) is 0 Å². The molecule has 160 valence electrons. The summed E-state index contributed by atoms with van der Waals surface area (Å²) < 4.78 is 19.3. The van der Waals surface area contributed by atoms with Crippen LogP contribution in [0.15, 0.2) is 27.6 Å². The lowest BCUT2D eigenvalue weighted by Crippen LogP contribution is -2.46. The number of carbonyl (C=O) groups excluding carboxylic acids is 1. The molecule has 2 aromatic rings. The maximum atomic E-state index is 13.5. The first-order valence-electron chi connectivity index (χ1n) is 9.75. The van der Waals surface area contributed by atoms with Crippen molar-refractivity contribution in [1.82, 2.24) is 15.5 Å². The second-order valence-corrected chi connectivity index (χ2v) is 7.65. The summed E-state index contributed by atoms with van der Waals surface area (Å²) in [6.07, 6.45) is 3.78. The fraction of sp³-hybridized carbons (Fsp3) is 0.524. The molecule has 0 spiro atoms. The molecule has 2 atom stereocenters. The molecule has 1 heterocycles. The Kier molecular flexibility index (Phi) is 8.30. The molecule has 8 heteroatoms. The third-order valence-corrected chi connectivity index (χ3v) is 5.44. The minimum Gasteiger partial charge on any atom is -0.459 e. The molecule has 6 nitrogen and oxygen atoms in total. The van der Waals surface area contributed by atoms with Crippen LogP contribution in [-0.4, -0.2) is 44.0 Å². The second-order valence-electron chi connectivity index (χ2n) is 7.65. The van der Waals surface area contributed by atoms with Crippen LogP contribution in [0.2, 0.25) is 0 Å². The number of nitrogens with one attached hydrogen (secondary N) is 2. The quantitative estimate of drug-likeness (QED) is 0.369. The largest absolute Gasteiger partial charge is 0.459 e. The smallest absolute Gasteiger partial charge is 0.225 e. The average molecular weight is 516 g/mol. The topological polar surface area (TPSA) is 69.9 Å². The maximum Gasteiger partial charge on any atom is 0.225 e. The van der Waals surface area contributed by atoms with Gasteiger partial charge in [0, 0.05) is 44.1 Å². The number of halogens is 2. The Morgan fingerprint density at radius 3 is 2.79 bits per heavy atom. The van der Waals surface area contributed by atoms with Crippen molar-refractivity contribution in [3.63, 3.8) is 0 Å². The van der Waals surface area contributed by atoms with Gasteiger partial charge in [0.2, 0.25) is 5.91 Å². The van der Waals surface area contributed by atoms with Crippen LogP contribution in [0.25, 0.3) is 11.0 Å². The molecule has 1 saturated carbocycles. The van der Waals surface area contributed by atoms with Crippen LogP contribution in [0, 0.1) is 18.7 Å². The molecular formula is C21H30FIN4O2. The number of hydrogen-bond acceptors (Lipinski definition) is 3. The summed E-state index contributed by atoms with van der Waals surface area (Å²) in [5, 5.41) is 7.49. The van der Waals surface area contributed by atoms with E-state index in [9.17, 15) is 9.18 Å². The average Bonchev–Trinajstić information content (AvgIpc) is 3.00. The first-order valence-corrected chi connectivity index (χ1v) is 9.75. The molecule has 0 aliphatic heterocycles. The zero-order chi connectivity index (χ0) is 20.3. The number of benzene rings is 1. The van der Waals surface area contributed by atoms with Crippen LogP contribution in [0.3, 0.4) is 0 Å². The standard InChI is InChI=1S/C21H29FN4O2.HI/c1-13-17-11-15(22)8-9-18(17)28-19(13)12-24-21(23-2)25-16-7-5-6-14(10-16)20(27)26(3)4;/h8-9,11,14,16H,5-7,10,12H2,1-4H3,(H2,23,24,25);1H. The zero-order valence-electron chi connectivity index (χ0n) is 17.4. The summed E-state index contributed by atoms with van der Waals surface area (Å²) in [4.78, 5) is 18.2. The molecular weight excluding hydrogens is 486 g/mol. The first-order chi connectivity index (χ1) is 13.4. The predicted octanol–water partition coefficient (Wildman–Crippen LogP) is 3.81. The van der Waals surface area contributed by atoms with E-state index in [2.05, 4.69) is 15.6 Å². The zero-order valence-corrected chi connectivity index (χ0v) is 19.7. The normalized spacial score (nSPS) is 19.6. The van der Waals surface area contributed by atoms with Gasteiger partial charge in [0.1, 0.15) is 17.2 Å². The highest BCUT2D eigenvalue weighted by Gasteiger charge is 2.28. The summed E-state index contributed by atoms with van der Waals surface area (Å²) in [6, 6.07) is 4.75. The van der Waals surface area contributed by atoms with Crippen LogP contribution in [0.1, 0.15) is 37.0 Å². The Morgan fingerprint density at radius 1 is 1.34 bits per heavy atom. The van der Waals surface area contributed by atoms with E-state index in [1.54, 1.807) is 32.1 Å². The number of fused-ring (bicyclic) bond motifs is 1. The number of aliphatic imine (C=N–C) groups is 1. The molecule has 1 fully saturated rings. The third kappa shape index (κ3) is 5.61. The van der Waals surface area contributed by atoms with Gasteiger partial charge in [-0.2, -0.15) is 0 Å². The number of guanidine groups is 1. The van der Waals surface area contributed by atoms with Crippen LogP contribution in [-0.2, 0) is 11.3 Å². The molecule has 0 bridgehead atoms. The van der Waals surface area contributed by atoms with Crippen molar-refractivity contribution < 1.29 is 13.6 Å². The van der Waals surface area contributed by atoms with Crippen LogP contribution in [0.4, 0.5) is 4.39 Å². The Labute approximate surface area is 188 Å². The van der Waals surface area contributed by atoms with Crippen molar-refractivity contribution in [2.24, 2.45) is 10.9 Å². The summed E-state index contributed by atoms with van der Waals surface area (Å²) in [5.74, 6) is 1.42. The van der Waals surface area contributed by atoms with Crippen molar-refractivity contribution in [3.8, 4) is 0 Å². The fourth-order valence-corrected chi connectivity index (χ4v) is 3.87. The second kappa shape index (κ2) is 10.3. The minimum atomic E-state index is -0.271. The van der Waals surface area contributed by atoms with E-state index >= 15 is 0 Å². The molecule has 1 amide bonds. The summed E-state index contributed by atoms with van der Waals surface area (Å²) in [5.41, 5.74) is 1.60. The summed E-state index contributed by atoms with van der Waals surface area (Å²) >= 11 is 0. The molecule has 1 aliphatic carbocycles. The van der Waals surface area contributed by atoms with E-state index in [4.69, 9.17) is 4.42 Å². The number of aryl methyl sites for hydroxylation is 1. The SMILES string of the molecule is CN=C(NCc1oc2ccc(F)cc2c1C)NC1CCCC(C(=O)N(C)C)C1.I. The van der Waals surface area contributed by atoms with Gasteiger partial charge < -0.3 is 20.0 Å². The van der Waals surface area contributed by atoms with E-state index < -0.39 is 0 Å². The maximum absolute atomic E-state index is 13.5. The molecule has 0 saturated heterocycles. The molecule has 1 aromatic heterocycles. The van der Waals surface area contributed by atoms with Crippen LogP contribution in [0.5, 0.6) is 0 Å². The van der Waals surface area contributed by atoms with Gasteiger partial charge in [-0.1, -0.05) is 6.42 Å². The van der Waals surface area contributed by atoms with Gasteiger partial charge in [-0.05, 0) is 44.4 Å². The van der Waals surface area contributed by atoms with Gasteiger partial charge in [0.15, 0.2) is 5.96 Å². The lowest BCUT2D eigenvalue weighted by atomic mass is 9.85. The summed E-state index contributed by atoms with van der Waals surface area (Å²) in [7, 11) is 5.34. The van der Waals surface area contributed by atoms with E-state index in [-0.39, 0.29) is 47.7 Å². The molecule has 1 aromatic carbocycles. The molecule has 3 rings (SSSR count). The number of furan rings is 1. The first kappa shape index (κ1) is 23.4. The Morgan fingerprint density at radius 2 is 2.10 bits per heavy atom. The van der Waals surface area contributed by atoms with Gasteiger partial charge in [0.25, 0.3) is 0 Å². The molecule has 0 radical (unpaired) electrons. The van der Waals surface area contributed by atoms with Gasteiger partial charge in [0.05, 0.1) is 6.54 Å². The van der Waals surface area contributed by atoms with E-state index in [1.807, 2.05) is 6.92 Å². The van der Waals surface area contributed by atoms with Gasteiger partial charge in [-0.15, -0.1) is 24.0 Å². The lowest BCUT2D eigenvalue weighted by molar-refractivity contribution is -0.134. The Hall–Kier alpha value is -1.84.